The van der Waals surface area contributed by atoms with Gasteiger partial charge in [0, 0.05) is 26.1 Å². The van der Waals surface area contributed by atoms with Crippen molar-refractivity contribution in [2.45, 2.75) is 13.5 Å². The Hall–Kier alpha value is -2.88. The first-order valence-corrected chi connectivity index (χ1v) is 7.57. The minimum atomic E-state index is -0.0219. The number of hydrogen-bond acceptors (Lipinski definition) is 2. The van der Waals surface area contributed by atoms with E-state index in [-0.39, 0.29) is 5.91 Å². The second-order valence-electron chi connectivity index (χ2n) is 5.51. The van der Waals surface area contributed by atoms with Crippen LogP contribution in [0.1, 0.15) is 12.5 Å². The second kappa shape index (κ2) is 6.48. The van der Waals surface area contributed by atoms with Crippen molar-refractivity contribution in [3.63, 3.8) is 0 Å². The average Bonchev–Trinajstić information content (AvgIpc) is 2.96. The minimum Gasteiger partial charge on any atom is -0.352 e. The van der Waals surface area contributed by atoms with Gasteiger partial charge in [0.15, 0.2) is 0 Å². The highest BCUT2D eigenvalue weighted by molar-refractivity contribution is 5.73. The molecule has 1 aromatic heterocycles. The maximum atomic E-state index is 11.0. The summed E-state index contributed by atoms with van der Waals surface area (Å²) in [6.07, 6.45) is 0. The molecule has 3 aromatic rings. The molecule has 3 rings (SSSR count). The van der Waals surface area contributed by atoms with E-state index in [0.717, 1.165) is 28.1 Å². The molecule has 1 heterocycles. The summed E-state index contributed by atoms with van der Waals surface area (Å²) >= 11 is 0. The number of rotatable bonds is 4. The standard InChI is InChI=1S/C19H19N3O/c1-14(23)20-13-15-8-10-16(11-9-15)18-12-19(22(2)21-18)17-6-4-3-5-7-17/h3-12H,13H2,1-2H3,(H,20,23). The molecule has 0 aliphatic heterocycles. The molecule has 1 amide bonds. The van der Waals surface area contributed by atoms with E-state index in [0.29, 0.717) is 6.54 Å². The molecule has 0 saturated heterocycles. The van der Waals surface area contributed by atoms with Crippen LogP contribution in [0.3, 0.4) is 0 Å². The Balaban J connectivity index is 1.84. The Kier molecular flexibility index (Phi) is 4.24. The van der Waals surface area contributed by atoms with Crippen molar-refractivity contribution >= 4 is 5.91 Å². The van der Waals surface area contributed by atoms with Gasteiger partial charge < -0.3 is 5.32 Å². The smallest absolute Gasteiger partial charge is 0.217 e. The summed E-state index contributed by atoms with van der Waals surface area (Å²) in [6, 6.07) is 20.4. The van der Waals surface area contributed by atoms with Gasteiger partial charge >= 0.3 is 0 Å². The number of aromatic nitrogens is 2. The molecule has 0 unspecified atom stereocenters. The number of amides is 1. The predicted molar refractivity (Wildman–Crippen MR) is 91.6 cm³/mol. The Labute approximate surface area is 135 Å². The van der Waals surface area contributed by atoms with Gasteiger partial charge in [-0.25, -0.2) is 0 Å². The van der Waals surface area contributed by atoms with Crippen molar-refractivity contribution in [1.82, 2.24) is 15.1 Å². The van der Waals surface area contributed by atoms with Crippen LogP contribution in [0.2, 0.25) is 0 Å². The first kappa shape index (κ1) is 15.0. The lowest BCUT2D eigenvalue weighted by atomic mass is 10.1. The normalized spacial score (nSPS) is 10.5. The van der Waals surface area contributed by atoms with Crippen molar-refractivity contribution in [3.05, 3.63) is 66.2 Å². The number of nitrogens with one attached hydrogen (secondary N) is 1. The van der Waals surface area contributed by atoms with Crippen LogP contribution in [0.5, 0.6) is 0 Å². The van der Waals surface area contributed by atoms with Gasteiger partial charge in [0.05, 0.1) is 11.4 Å². The van der Waals surface area contributed by atoms with E-state index in [4.69, 9.17) is 0 Å². The fourth-order valence-corrected chi connectivity index (χ4v) is 2.51. The van der Waals surface area contributed by atoms with Gasteiger partial charge in [-0.15, -0.1) is 0 Å². The molecule has 0 spiro atoms. The maximum absolute atomic E-state index is 11.0. The van der Waals surface area contributed by atoms with E-state index < -0.39 is 0 Å². The number of aryl methyl sites for hydroxylation is 1. The molecule has 4 nitrogen and oxygen atoms in total. The number of benzene rings is 2. The van der Waals surface area contributed by atoms with Crippen molar-refractivity contribution < 1.29 is 4.79 Å². The molecule has 4 heteroatoms. The molecule has 1 N–H and O–H groups in total. The van der Waals surface area contributed by atoms with Crippen LogP contribution in [-0.4, -0.2) is 15.7 Å². The van der Waals surface area contributed by atoms with Crippen LogP contribution >= 0.6 is 0 Å². The molecule has 116 valence electrons. The van der Waals surface area contributed by atoms with Crippen LogP contribution in [0.4, 0.5) is 0 Å². The van der Waals surface area contributed by atoms with Crippen molar-refractivity contribution in [3.8, 4) is 22.5 Å². The Morgan fingerprint density at radius 3 is 2.39 bits per heavy atom. The summed E-state index contributed by atoms with van der Waals surface area (Å²) in [4.78, 5) is 11.0. The second-order valence-corrected chi connectivity index (χ2v) is 5.51. The van der Waals surface area contributed by atoms with Crippen LogP contribution < -0.4 is 5.32 Å². The van der Waals surface area contributed by atoms with E-state index in [9.17, 15) is 4.79 Å². The minimum absolute atomic E-state index is 0.0219. The lowest BCUT2D eigenvalue weighted by Gasteiger charge is -2.03. The molecule has 0 atom stereocenters. The first-order valence-electron chi connectivity index (χ1n) is 7.57. The molecule has 0 aliphatic rings. The third-order valence-corrected chi connectivity index (χ3v) is 3.74. The number of hydrogen-bond donors (Lipinski definition) is 1. The highest BCUT2D eigenvalue weighted by Crippen LogP contribution is 2.25. The third kappa shape index (κ3) is 3.48. The molecular weight excluding hydrogens is 286 g/mol. The highest BCUT2D eigenvalue weighted by Gasteiger charge is 2.09. The zero-order valence-corrected chi connectivity index (χ0v) is 13.3. The lowest BCUT2D eigenvalue weighted by Crippen LogP contribution is -2.18. The number of nitrogens with zero attached hydrogens (tertiary/aromatic N) is 2. The Bertz CT molecular complexity index is 804. The van der Waals surface area contributed by atoms with Crippen molar-refractivity contribution in [1.29, 1.82) is 0 Å². The quantitative estimate of drug-likeness (QED) is 0.803. The SMILES string of the molecule is CC(=O)NCc1ccc(-c2cc(-c3ccccc3)n(C)n2)cc1. The van der Waals surface area contributed by atoms with Crippen LogP contribution in [0.25, 0.3) is 22.5 Å². The lowest BCUT2D eigenvalue weighted by molar-refractivity contribution is -0.119. The fraction of sp³-hybridized carbons (Fsp3) is 0.158. The van der Waals surface area contributed by atoms with Crippen LogP contribution in [-0.2, 0) is 18.4 Å². The number of carbonyl (C=O) groups excluding carboxylic acids is 1. The third-order valence-electron chi connectivity index (χ3n) is 3.74. The van der Waals surface area contributed by atoms with Crippen LogP contribution in [0.15, 0.2) is 60.7 Å². The zero-order chi connectivity index (χ0) is 16.2. The predicted octanol–water partition coefficient (Wildman–Crippen LogP) is 3.39. The van der Waals surface area contributed by atoms with Crippen molar-refractivity contribution in [2.24, 2.45) is 7.05 Å². The topological polar surface area (TPSA) is 46.9 Å². The van der Waals surface area contributed by atoms with Crippen LogP contribution in [0, 0.1) is 0 Å². The van der Waals surface area contributed by atoms with E-state index in [1.54, 1.807) is 0 Å². The average molecular weight is 305 g/mol. The Morgan fingerprint density at radius 1 is 1.04 bits per heavy atom. The van der Waals surface area contributed by atoms with E-state index in [1.165, 1.54) is 6.92 Å². The molecule has 0 aliphatic carbocycles. The molecule has 2 aromatic carbocycles. The summed E-state index contributed by atoms with van der Waals surface area (Å²) in [5.41, 5.74) is 5.31. The summed E-state index contributed by atoms with van der Waals surface area (Å²) in [6.45, 7) is 2.07. The van der Waals surface area contributed by atoms with Crippen molar-refractivity contribution in [2.75, 3.05) is 0 Å². The van der Waals surface area contributed by atoms with Gasteiger partial charge in [-0.2, -0.15) is 5.10 Å². The molecule has 0 saturated carbocycles. The monoisotopic (exact) mass is 305 g/mol. The summed E-state index contributed by atoms with van der Waals surface area (Å²) in [7, 11) is 1.96. The molecule has 0 bridgehead atoms. The summed E-state index contributed by atoms with van der Waals surface area (Å²) in [5.74, 6) is -0.0219. The maximum Gasteiger partial charge on any atom is 0.217 e. The van der Waals surface area contributed by atoms with E-state index in [2.05, 4.69) is 28.6 Å². The van der Waals surface area contributed by atoms with Gasteiger partial charge in [-0.1, -0.05) is 54.6 Å². The van der Waals surface area contributed by atoms with Gasteiger partial charge in [0.2, 0.25) is 5.91 Å². The molecule has 0 fully saturated rings. The first-order chi connectivity index (χ1) is 11.1. The van der Waals surface area contributed by atoms with Gasteiger partial charge in [-0.3, -0.25) is 9.48 Å². The largest absolute Gasteiger partial charge is 0.352 e. The van der Waals surface area contributed by atoms with E-state index in [1.807, 2.05) is 54.2 Å². The fourth-order valence-electron chi connectivity index (χ4n) is 2.51. The molecule has 0 radical (unpaired) electrons. The highest BCUT2D eigenvalue weighted by atomic mass is 16.1. The number of carbonyl (C=O) groups is 1. The molecule has 23 heavy (non-hydrogen) atoms. The summed E-state index contributed by atoms with van der Waals surface area (Å²) in [5, 5.41) is 7.41. The van der Waals surface area contributed by atoms with Gasteiger partial charge in [0.1, 0.15) is 0 Å². The van der Waals surface area contributed by atoms with Gasteiger partial charge in [0.25, 0.3) is 0 Å². The molecular formula is C19H19N3O. The zero-order valence-electron chi connectivity index (χ0n) is 13.3. The van der Waals surface area contributed by atoms with E-state index >= 15 is 0 Å². The van der Waals surface area contributed by atoms with Gasteiger partial charge in [-0.05, 0) is 17.2 Å². The summed E-state index contributed by atoms with van der Waals surface area (Å²) < 4.78 is 1.90. The Morgan fingerprint density at radius 2 is 1.74 bits per heavy atom.